The SMILES string of the molecule is Cc1ccc(S(=O)C[C@@H]2O[C@@H]3C[C@H](OCc4ccccc4)[C@@H](COCc4ccccc4)O[C@H]3C[C@H]2O)cc1. The maximum atomic E-state index is 13.0. The number of benzene rings is 3. The van der Waals surface area contributed by atoms with Gasteiger partial charge in [0, 0.05) is 17.7 Å². The lowest BCUT2D eigenvalue weighted by Gasteiger charge is -2.46. The summed E-state index contributed by atoms with van der Waals surface area (Å²) in [6.45, 7) is 3.34. The fourth-order valence-corrected chi connectivity index (χ4v) is 6.27. The van der Waals surface area contributed by atoms with Gasteiger partial charge >= 0.3 is 0 Å². The molecule has 2 heterocycles. The molecule has 0 bridgehead atoms. The third kappa shape index (κ3) is 7.17. The van der Waals surface area contributed by atoms with Gasteiger partial charge in [-0.2, -0.15) is 0 Å². The van der Waals surface area contributed by atoms with Gasteiger partial charge in [0.1, 0.15) is 6.10 Å². The first-order valence-corrected chi connectivity index (χ1v) is 14.6. The largest absolute Gasteiger partial charge is 0.390 e. The van der Waals surface area contributed by atoms with E-state index >= 15 is 0 Å². The molecular formula is C31H36O6S. The summed E-state index contributed by atoms with van der Waals surface area (Å²) in [5.74, 6) is 0.243. The highest BCUT2D eigenvalue weighted by Crippen LogP contribution is 2.34. The predicted octanol–water partition coefficient (Wildman–Crippen LogP) is 4.58. The van der Waals surface area contributed by atoms with Crippen LogP contribution in [0.3, 0.4) is 0 Å². The highest BCUT2D eigenvalue weighted by Gasteiger charge is 2.46. The van der Waals surface area contributed by atoms with Gasteiger partial charge in [-0.1, -0.05) is 78.4 Å². The summed E-state index contributed by atoms with van der Waals surface area (Å²) >= 11 is 0. The Kier molecular flexibility index (Phi) is 9.38. The molecule has 0 amide bonds. The van der Waals surface area contributed by atoms with Crippen LogP contribution in [0, 0.1) is 6.92 Å². The van der Waals surface area contributed by atoms with Crippen LogP contribution >= 0.6 is 0 Å². The van der Waals surface area contributed by atoms with Gasteiger partial charge in [0.2, 0.25) is 0 Å². The molecule has 0 aromatic heterocycles. The van der Waals surface area contributed by atoms with Crippen LogP contribution in [-0.4, -0.2) is 58.3 Å². The zero-order valence-corrected chi connectivity index (χ0v) is 22.5. The van der Waals surface area contributed by atoms with Crippen LogP contribution in [0.2, 0.25) is 0 Å². The second kappa shape index (κ2) is 13.1. The molecule has 3 aromatic carbocycles. The van der Waals surface area contributed by atoms with Crippen LogP contribution in [-0.2, 0) is 43.0 Å². The number of ether oxygens (including phenoxy) is 4. The molecule has 38 heavy (non-hydrogen) atoms. The molecule has 3 aromatic rings. The van der Waals surface area contributed by atoms with E-state index in [1.54, 1.807) is 0 Å². The summed E-state index contributed by atoms with van der Waals surface area (Å²) in [6.07, 6.45) is -1.25. The van der Waals surface area contributed by atoms with Crippen LogP contribution in [0.5, 0.6) is 0 Å². The first kappa shape index (κ1) is 27.2. The van der Waals surface area contributed by atoms with E-state index < -0.39 is 23.0 Å². The number of aryl methyl sites for hydroxylation is 1. The van der Waals surface area contributed by atoms with E-state index in [0.29, 0.717) is 32.7 Å². The van der Waals surface area contributed by atoms with Gasteiger partial charge < -0.3 is 24.1 Å². The van der Waals surface area contributed by atoms with Crippen molar-refractivity contribution in [1.29, 1.82) is 0 Å². The zero-order valence-electron chi connectivity index (χ0n) is 21.7. The van der Waals surface area contributed by atoms with Gasteiger partial charge in [0.05, 0.1) is 66.9 Å². The van der Waals surface area contributed by atoms with E-state index in [1.807, 2.05) is 91.9 Å². The highest BCUT2D eigenvalue weighted by atomic mass is 32.2. The van der Waals surface area contributed by atoms with E-state index in [4.69, 9.17) is 18.9 Å². The lowest BCUT2D eigenvalue weighted by molar-refractivity contribution is -0.255. The number of hydrogen-bond acceptors (Lipinski definition) is 6. The molecule has 0 aliphatic carbocycles. The first-order valence-electron chi connectivity index (χ1n) is 13.3. The number of aliphatic hydroxyl groups excluding tert-OH is 1. The summed E-state index contributed by atoms with van der Waals surface area (Å²) < 4.78 is 38.1. The number of hydrogen-bond donors (Lipinski definition) is 1. The molecule has 1 unspecified atom stereocenters. The van der Waals surface area contributed by atoms with Crippen LogP contribution in [0.15, 0.2) is 89.8 Å². The molecule has 7 heteroatoms. The highest BCUT2D eigenvalue weighted by molar-refractivity contribution is 7.85. The Morgan fingerprint density at radius 1 is 0.816 bits per heavy atom. The summed E-state index contributed by atoms with van der Waals surface area (Å²) in [5, 5.41) is 10.9. The molecule has 202 valence electrons. The normalized spacial score (nSPS) is 27.9. The molecule has 0 spiro atoms. The Morgan fingerprint density at radius 2 is 1.42 bits per heavy atom. The van der Waals surface area contributed by atoms with Gasteiger partial charge in [-0.05, 0) is 30.2 Å². The first-order chi connectivity index (χ1) is 18.5. The van der Waals surface area contributed by atoms with Gasteiger partial charge in [-0.3, -0.25) is 4.21 Å². The van der Waals surface area contributed by atoms with E-state index in [0.717, 1.165) is 21.6 Å². The molecule has 2 aliphatic heterocycles. The topological polar surface area (TPSA) is 74.2 Å². The van der Waals surface area contributed by atoms with Crippen LogP contribution in [0.4, 0.5) is 0 Å². The van der Waals surface area contributed by atoms with Gasteiger partial charge in [0.15, 0.2) is 0 Å². The van der Waals surface area contributed by atoms with Crippen molar-refractivity contribution in [3.8, 4) is 0 Å². The lowest BCUT2D eigenvalue weighted by atomic mass is 9.90. The molecule has 2 fully saturated rings. The second-order valence-corrected chi connectivity index (χ2v) is 11.6. The number of aliphatic hydroxyl groups is 1. The van der Waals surface area contributed by atoms with Crippen LogP contribution < -0.4 is 0 Å². The van der Waals surface area contributed by atoms with Crippen molar-refractivity contribution in [1.82, 2.24) is 0 Å². The van der Waals surface area contributed by atoms with Crippen LogP contribution in [0.1, 0.15) is 29.5 Å². The molecule has 5 rings (SSSR count). The third-order valence-corrected chi connectivity index (χ3v) is 8.63. The van der Waals surface area contributed by atoms with Crippen molar-refractivity contribution in [3.63, 3.8) is 0 Å². The average Bonchev–Trinajstić information content (AvgIpc) is 2.94. The Morgan fingerprint density at radius 3 is 2.11 bits per heavy atom. The lowest BCUT2D eigenvalue weighted by Crippen LogP contribution is -2.58. The summed E-state index contributed by atoms with van der Waals surface area (Å²) in [5.41, 5.74) is 3.31. The van der Waals surface area contributed by atoms with Crippen molar-refractivity contribution in [3.05, 3.63) is 102 Å². The Balaban J connectivity index is 1.23. The Bertz CT molecular complexity index is 1160. The molecule has 0 saturated carbocycles. The van der Waals surface area contributed by atoms with Crippen molar-refractivity contribution >= 4 is 10.8 Å². The summed E-state index contributed by atoms with van der Waals surface area (Å²) in [7, 11) is -1.27. The third-order valence-electron chi connectivity index (χ3n) is 7.20. The fraction of sp³-hybridized carbons (Fsp3) is 0.419. The zero-order chi connectivity index (χ0) is 26.3. The van der Waals surface area contributed by atoms with E-state index in [2.05, 4.69) is 0 Å². The van der Waals surface area contributed by atoms with E-state index in [-0.39, 0.29) is 30.2 Å². The maximum absolute atomic E-state index is 13.0. The molecule has 0 radical (unpaired) electrons. The molecule has 2 saturated heterocycles. The Hall–Kier alpha value is -2.39. The standard InChI is InChI=1S/C31H36O6S/c1-22-12-14-25(15-13-22)38(33)21-31-26(32)16-28-29(37-31)17-27(35-19-24-10-6-3-7-11-24)30(36-28)20-34-18-23-8-4-2-5-9-23/h2-15,26-32H,16-21H2,1H3/t26-,27+,28+,29-,30-,31+,38?/m1/s1. The summed E-state index contributed by atoms with van der Waals surface area (Å²) in [4.78, 5) is 0.744. The van der Waals surface area contributed by atoms with E-state index in [9.17, 15) is 9.32 Å². The molecule has 7 atom stereocenters. The summed E-state index contributed by atoms with van der Waals surface area (Å²) in [6, 6.07) is 27.8. The molecule has 2 aliphatic rings. The van der Waals surface area contributed by atoms with E-state index in [1.165, 1.54) is 0 Å². The molecular weight excluding hydrogens is 500 g/mol. The second-order valence-electron chi connectivity index (χ2n) is 10.1. The predicted molar refractivity (Wildman–Crippen MR) is 146 cm³/mol. The quantitative estimate of drug-likeness (QED) is 0.409. The van der Waals surface area contributed by atoms with Gasteiger partial charge in [-0.25, -0.2) is 0 Å². The maximum Gasteiger partial charge on any atom is 0.108 e. The molecule has 6 nitrogen and oxygen atoms in total. The Labute approximate surface area is 227 Å². The fourth-order valence-electron chi connectivity index (χ4n) is 5.04. The van der Waals surface area contributed by atoms with Crippen molar-refractivity contribution in [2.24, 2.45) is 0 Å². The minimum absolute atomic E-state index is 0.231. The average molecular weight is 537 g/mol. The monoisotopic (exact) mass is 536 g/mol. The van der Waals surface area contributed by atoms with Crippen molar-refractivity contribution < 1.29 is 28.3 Å². The number of fused-ring (bicyclic) bond motifs is 1. The number of rotatable bonds is 10. The van der Waals surface area contributed by atoms with Crippen LogP contribution in [0.25, 0.3) is 0 Å². The minimum Gasteiger partial charge on any atom is -0.390 e. The smallest absolute Gasteiger partial charge is 0.108 e. The van der Waals surface area contributed by atoms with Gasteiger partial charge in [0.25, 0.3) is 0 Å². The van der Waals surface area contributed by atoms with Crippen molar-refractivity contribution in [2.75, 3.05) is 12.4 Å². The van der Waals surface area contributed by atoms with Gasteiger partial charge in [-0.15, -0.1) is 0 Å². The minimum atomic E-state index is -1.27. The molecule has 1 N–H and O–H groups in total. The van der Waals surface area contributed by atoms with Crippen molar-refractivity contribution in [2.45, 2.75) is 74.5 Å².